The van der Waals surface area contributed by atoms with Gasteiger partial charge in [-0.05, 0) is 48.0 Å². The molecule has 6 heteroatoms. The third-order valence-electron chi connectivity index (χ3n) is 4.47. The highest BCUT2D eigenvalue weighted by Crippen LogP contribution is 2.28. The van der Waals surface area contributed by atoms with E-state index in [2.05, 4.69) is 5.32 Å². The number of nitrogens with one attached hydrogen (secondary N) is 1. The molecule has 0 aliphatic rings. The van der Waals surface area contributed by atoms with E-state index < -0.39 is 0 Å². The summed E-state index contributed by atoms with van der Waals surface area (Å²) in [4.78, 5) is 26.8. The topological polar surface area (TPSA) is 68.5 Å². The summed E-state index contributed by atoms with van der Waals surface area (Å²) in [6, 6.07) is 18.4. The van der Waals surface area contributed by atoms with E-state index in [1.807, 2.05) is 49.4 Å². The number of amides is 1. The summed E-state index contributed by atoms with van der Waals surface area (Å²) in [6.07, 6.45) is 1.47. The Kier molecular flexibility index (Phi) is 5.44. The Bertz CT molecular complexity index is 1160. The Morgan fingerprint density at radius 1 is 1.03 bits per heavy atom. The van der Waals surface area contributed by atoms with Gasteiger partial charge in [-0.2, -0.15) is 0 Å². The monoisotopic (exact) mass is 405 g/mol. The second-order valence-electron chi connectivity index (χ2n) is 6.35. The lowest BCUT2D eigenvalue weighted by molar-refractivity contribution is 0.0948. The summed E-state index contributed by atoms with van der Waals surface area (Å²) in [5.74, 6) is 0.492. The van der Waals surface area contributed by atoms with Gasteiger partial charge in [-0.1, -0.05) is 30.3 Å². The Balaban J connectivity index is 1.53. The number of ether oxygens (including phenoxy) is 1. The standard InChI is InChI=1S/C23H19NO4S/c1-2-27-18-11-9-15-6-3-4-7-17(15)21(18)23(26)24-14-16-10-12-20(29-16)22(25)19-8-5-13-28-19/h3-13H,2,14H2,1H3,(H,24,26). The van der Waals surface area contributed by atoms with Crippen LogP contribution in [0.1, 0.15) is 37.6 Å². The van der Waals surface area contributed by atoms with Gasteiger partial charge in [-0.3, -0.25) is 9.59 Å². The van der Waals surface area contributed by atoms with E-state index in [9.17, 15) is 9.59 Å². The molecule has 0 saturated heterocycles. The molecule has 4 rings (SSSR count). The highest BCUT2D eigenvalue weighted by Gasteiger charge is 2.18. The maximum atomic E-state index is 13.0. The van der Waals surface area contributed by atoms with E-state index in [-0.39, 0.29) is 11.7 Å². The molecule has 2 aromatic heterocycles. The van der Waals surface area contributed by atoms with Crippen LogP contribution in [0.5, 0.6) is 5.75 Å². The average Bonchev–Trinajstić information content (AvgIpc) is 3.44. The number of thiophene rings is 1. The number of hydrogen-bond donors (Lipinski definition) is 1. The maximum Gasteiger partial charge on any atom is 0.255 e. The first kappa shape index (κ1) is 19.0. The Labute approximate surface area is 171 Å². The quantitative estimate of drug-likeness (QED) is 0.437. The molecule has 29 heavy (non-hydrogen) atoms. The molecule has 146 valence electrons. The molecule has 4 aromatic rings. The fourth-order valence-electron chi connectivity index (χ4n) is 3.14. The van der Waals surface area contributed by atoms with Gasteiger partial charge in [0.05, 0.1) is 29.9 Å². The normalized spacial score (nSPS) is 10.8. The fourth-order valence-corrected chi connectivity index (χ4v) is 4.03. The predicted molar refractivity (Wildman–Crippen MR) is 113 cm³/mol. The zero-order valence-corrected chi connectivity index (χ0v) is 16.6. The minimum atomic E-state index is -0.211. The molecular formula is C23H19NO4S. The van der Waals surface area contributed by atoms with Gasteiger partial charge in [0.15, 0.2) is 5.76 Å². The van der Waals surface area contributed by atoms with Crippen LogP contribution in [-0.4, -0.2) is 18.3 Å². The van der Waals surface area contributed by atoms with Gasteiger partial charge in [-0.25, -0.2) is 0 Å². The Morgan fingerprint density at radius 3 is 2.69 bits per heavy atom. The van der Waals surface area contributed by atoms with Crippen LogP contribution in [-0.2, 0) is 6.54 Å². The van der Waals surface area contributed by atoms with Crippen LogP contribution < -0.4 is 10.1 Å². The summed E-state index contributed by atoms with van der Waals surface area (Å²) in [5.41, 5.74) is 0.522. The number of hydrogen-bond acceptors (Lipinski definition) is 5. The summed E-state index contributed by atoms with van der Waals surface area (Å²) >= 11 is 1.34. The zero-order valence-electron chi connectivity index (χ0n) is 15.8. The number of ketones is 1. The van der Waals surface area contributed by atoms with E-state index in [0.29, 0.717) is 35.1 Å². The number of furan rings is 1. The minimum Gasteiger partial charge on any atom is -0.493 e. The van der Waals surface area contributed by atoms with E-state index in [1.165, 1.54) is 17.6 Å². The molecule has 1 N–H and O–H groups in total. The summed E-state index contributed by atoms with van der Waals surface area (Å²) in [7, 11) is 0. The van der Waals surface area contributed by atoms with Crippen molar-refractivity contribution in [3.8, 4) is 5.75 Å². The number of fused-ring (bicyclic) bond motifs is 1. The number of carbonyl (C=O) groups is 2. The Morgan fingerprint density at radius 2 is 1.90 bits per heavy atom. The lowest BCUT2D eigenvalue weighted by Gasteiger charge is -2.13. The van der Waals surface area contributed by atoms with Crippen molar-refractivity contribution in [1.82, 2.24) is 5.32 Å². The summed E-state index contributed by atoms with van der Waals surface area (Å²) in [6.45, 7) is 2.69. The van der Waals surface area contributed by atoms with Crippen molar-refractivity contribution < 1.29 is 18.7 Å². The molecular weight excluding hydrogens is 386 g/mol. The molecule has 0 aliphatic heterocycles. The van der Waals surface area contributed by atoms with Crippen LogP contribution >= 0.6 is 11.3 Å². The molecule has 0 fully saturated rings. The second kappa shape index (κ2) is 8.32. The van der Waals surface area contributed by atoms with Crippen LogP contribution in [0.4, 0.5) is 0 Å². The van der Waals surface area contributed by atoms with Gasteiger partial charge < -0.3 is 14.5 Å². The third-order valence-corrected chi connectivity index (χ3v) is 5.56. The summed E-state index contributed by atoms with van der Waals surface area (Å²) in [5, 5.41) is 4.77. The average molecular weight is 405 g/mol. The van der Waals surface area contributed by atoms with E-state index in [0.717, 1.165) is 15.6 Å². The molecule has 0 bridgehead atoms. The fraction of sp³-hybridized carbons (Fsp3) is 0.130. The lowest BCUT2D eigenvalue weighted by atomic mass is 10.0. The van der Waals surface area contributed by atoms with Crippen molar-refractivity contribution in [3.05, 3.63) is 88.0 Å². The van der Waals surface area contributed by atoms with Crippen LogP contribution in [0.2, 0.25) is 0 Å². The van der Waals surface area contributed by atoms with Gasteiger partial charge in [0.2, 0.25) is 5.78 Å². The molecule has 5 nitrogen and oxygen atoms in total. The largest absolute Gasteiger partial charge is 0.493 e. The van der Waals surface area contributed by atoms with Crippen molar-refractivity contribution in [2.75, 3.05) is 6.61 Å². The van der Waals surface area contributed by atoms with Crippen LogP contribution in [0.3, 0.4) is 0 Å². The molecule has 0 spiro atoms. The van der Waals surface area contributed by atoms with E-state index >= 15 is 0 Å². The van der Waals surface area contributed by atoms with Crippen molar-refractivity contribution >= 4 is 33.8 Å². The predicted octanol–water partition coefficient (Wildman–Crippen LogP) is 5.05. The number of rotatable bonds is 7. The van der Waals surface area contributed by atoms with Crippen molar-refractivity contribution in [1.29, 1.82) is 0 Å². The van der Waals surface area contributed by atoms with Crippen LogP contribution in [0.15, 0.2) is 71.3 Å². The van der Waals surface area contributed by atoms with Crippen LogP contribution in [0, 0.1) is 0 Å². The molecule has 0 aliphatic carbocycles. The molecule has 0 atom stereocenters. The van der Waals surface area contributed by atoms with Crippen LogP contribution in [0.25, 0.3) is 10.8 Å². The van der Waals surface area contributed by atoms with Gasteiger partial charge in [0, 0.05) is 4.88 Å². The molecule has 2 aromatic carbocycles. The van der Waals surface area contributed by atoms with Gasteiger partial charge in [0.1, 0.15) is 5.75 Å². The molecule has 0 unspecified atom stereocenters. The smallest absolute Gasteiger partial charge is 0.255 e. The zero-order chi connectivity index (χ0) is 20.2. The highest BCUT2D eigenvalue weighted by molar-refractivity contribution is 7.14. The maximum absolute atomic E-state index is 13.0. The second-order valence-corrected chi connectivity index (χ2v) is 7.52. The Hall–Kier alpha value is -3.38. The minimum absolute atomic E-state index is 0.162. The van der Waals surface area contributed by atoms with Gasteiger partial charge >= 0.3 is 0 Å². The first-order valence-corrected chi connectivity index (χ1v) is 10.1. The molecule has 0 saturated carbocycles. The SMILES string of the molecule is CCOc1ccc2ccccc2c1C(=O)NCc1ccc(C(=O)c2ccco2)s1. The molecule has 0 radical (unpaired) electrons. The first-order valence-electron chi connectivity index (χ1n) is 9.27. The van der Waals surface area contributed by atoms with Crippen molar-refractivity contribution in [2.45, 2.75) is 13.5 Å². The molecule has 2 heterocycles. The number of carbonyl (C=O) groups excluding carboxylic acids is 2. The van der Waals surface area contributed by atoms with Gasteiger partial charge in [-0.15, -0.1) is 11.3 Å². The van der Waals surface area contributed by atoms with E-state index in [4.69, 9.17) is 9.15 Å². The lowest BCUT2D eigenvalue weighted by Crippen LogP contribution is -2.23. The first-order chi connectivity index (χ1) is 14.2. The summed E-state index contributed by atoms with van der Waals surface area (Å²) < 4.78 is 10.8. The number of benzene rings is 2. The third kappa shape index (κ3) is 3.93. The van der Waals surface area contributed by atoms with Gasteiger partial charge in [0.25, 0.3) is 5.91 Å². The highest BCUT2D eigenvalue weighted by atomic mass is 32.1. The van der Waals surface area contributed by atoms with Crippen molar-refractivity contribution in [3.63, 3.8) is 0 Å². The van der Waals surface area contributed by atoms with Crippen molar-refractivity contribution in [2.24, 2.45) is 0 Å². The molecule has 1 amide bonds. The van der Waals surface area contributed by atoms with E-state index in [1.54, 1.807) is 18.2 Å².